The van der Waals surface area contributed by atoms with Crippen molar-refractivity contribution in [1.29, 1.82) is 0 Å². The summed E-state index contributed by atoms with van der Waals surface area (Å²) in [5, 5.41) is 0. The Morgan fingerprint density at radius 2 is 0.268 bits per heavy atom. The van der Waals surface area contributed by atoms with Gasteiger partial charge in [-0.3, -0.25) is 67.6 Å². The summed E-state index contributed by atoms with van der Waals surface area (Å²) in [6, 6.07) is 0. The van der Waals surface area contributed by atoms with Crippen molar-refractivity contribution in [1.82, 2.24) is 0 Å². The van der Waals surface area contributed by atoms with E-state index >= 15 is 0 Å². The normalized spacial score (nSPS) is 11.3. The summed E-state index contributed by atoms with van der Waals surface area (Å²) in [4.78, 5) is 0. The molecule has 0 aromatic rings. The molecule has 0 spiro atoms. The van der Waals surface area contributed by atoms with Crippen LogP contribution in [-0.2, 0) is 83.2 Å². The van der Waals surface area contributed by atoms with Crippen LogP contribution in [0.25, 0.3) is 0 Å². The molecule has 0 unspecified atom stereocenters. The molecule has 0 aromatic heterocycles. The van der Waals surface area contributed by atoms with Gasteiger partial charge in [0, 0.05) is 10.4 Å². The van der Waals surface area contributed by atoms with E-state index in [1.807, 2.05) is 0 Å². The molecule has 0 aromatic carbocycles. The van der Waals surface area contributed by atoms with E-state index < -0.39 is 83.2 Å². The predicted molar refractivity (Wildman–Crippen MR) is 114 cm³/mol. The first-order valence-electron chi connectivity index (χ1n) is 5.54. The van der Waals surface area contributed by atoms with E-state index in [4.69, 9.17) is 140 Å². The zero-order valence-corrected chi connectivity index (χ0v) is 27.3. The van der Waals surface area contributed by atoms with E-state index in [1.54, 1.807) is 0 Å². The molecule has 0 heterocycles. The van der Waals surface area contributed by atoms with E-state index in [1.165, 1.54) is 0 Å². The molecule has 258 valence electrons. The standard InChI is InChI=1S/Bi.8H2O4S/c;8*1-5(2,3)4/h;8*(H2,1,2,3,4)/q+3;;;;;;;;/p-3. The first-order valence-corrected chi connectivity index (χ1v) is 16.6. The second kappa shape index (κ2) is 26.3. The maximum Gasteiger partial charge on any atom is 3.00 e. The Labute approximate surface area is 248 Å². The Morgan fingerprint density at radius 3 is 0.268 bits per heavy atom. The van der Waals surface area contributed by atoms with Gasteiger partial charge in [-0.15, -0.1) is 0 Å². The van der Waals surface area contributed by atoms with Crippen LogP contribution in [0.1, 0.15) is 0 Å². The summed E-state index contributed by atoms with van der Waals surface area (Å²) in [5.41, 5.74) is 0. The second-order valence-electron chi connectivity index (χ2n) is 3.52. The molecule has 0 rings (SSSR count). The van der Waals surface area contributed by atoms with E-state index in [2.05, 4.69) is 0 Å². The van der Waals surface area contributed by atoms with E-state index in [0.29, 0.717) is 0 Å². The third-order valence-corrected chi connectivity index (χ3v) is 0. The molecule has 0 saturated heterocycles. The molecule has 0 aliphatic carbocycles. The molecule has 2 radical (unpaired) electrons. The minimum Gasteiger partial charge on any atom is -0.759 e. The number of hydrogen-bond acceptors (Lipinski definition) is 19. The number of rotatable bonds is 0. The molecule has 0 amide bonds. The van der Waals surface area contributed by atoms with Crippen molar-refractivity contribution in [3.05, 3.63) is 0 Å². The Morgan fingerprint density at radius 1 is 0.268 bits per heavy atom. The summed E-state index contributed by atoms with van der Waals surface area (Å²) in [7, 11) is -38.1. The van der Waals surface area contributed by atoms with Gasteiger partial charge in [0.25, 0.3) is 0 Å². The molecule has 41 heavy (non-hydrogen) atoms. The molecule has 0 atom stereocenters. The first-order chi connectivity index (χ1) is 16.0. The van der Waals surface area contributed by atoms with Crippen molar-refractivity contribution in [2.75, 3.05) is 0 Å². The van der Waals surface area contributed by atoms with Gasteiger partial charge in [-0.2, -0.15) is 50.5 Å². The van der Waals surface area contributed by atoms with Crippen molar-refractivity contribution >= 4 is 109 Å². The summed E-state index contributed by atoms with van der Waals surface area (Å²) < 4.78 is 256. The zero-order valence-electron chi connectivity index (χ0n) is 17.3. The third-order valence-electron chi connectivity index (χ3n) is 0. The van der Waals surface area contributed by atoms with Crippen LogP contribution < -0.4 is 0 Å². The third kappa shape index (κ3) is 2320000. The largest absolute Gasteiger partial charge is 3.00 e. The van der Waals surface area contributed by atoms with Crippen LogP contribution in [0.3, 0.4) is 0 Å². The molecule has 13 N–H and O–H groups in total. The van der Waals surface area contributed by atoms with Gasteiger partial charge in [0.05, 0.1) is 0 Å². The quantitative estimate of drug-likeness (QED) is 0.0609. The first kappa shape index (κ1) is 63.9. The van der Waals surface area contributed by atoms with Gasteiger partial charge in [0.15, 0.2) is 0 Å². The van der Waals surface area contributed by atoms with Gasteiger partial charge in [0.2, 0.25) is 10.4 Å². The van der Waals surface area contributed by atoms with Crippen LogP contribution in [0.4, 0.5) is 0 Å². The molecule has 0 bridgehead atoms. The van der Waals surface area contributed by atoms with Gasteiger partial charge in [-0.25, -0.2) is 8.42 Å². The minimum absolute atomic E-state index is 0. The van der Waals surface area contributed by atoms with Crippen molar-refractivity contribution in [3.8, 4) is 0 Å². The minimum atomic E-state index is -5.17. The summed E-state index contributed by atoms with van der Waals surface area (Å²) in [6.07, 6.45) is 0. The van der Waals surface area contributed by atoms with Crippen LogP contribution in [0, 0.1) is 0 Å². The molecule has 0 fully saturated rings. The summed E-state index contributed by atoms with van der Waals surface area (Å²) in [5.74, 6) is 0. The van der Waals surface area contributed by atoms with E-state index in [0.717, 1.165) is 0 Å². The topological polar surface area (TPSA) is 605 Å². The van der Waals surface area contributed by atoms with Crippen LogP contribution >= 0.6 is 0 Å². The maximum atomic E-state index is 8.74. The fourth-order valence-electron chi connectivity index (χ4n) is 0. The molecule has 0 aliphatic heterocycles. The van der Waals surface area contributed by atoms with Crippen LogP contribution in [-0.4, -0.2) is 166 Å². The van der Waals surface area contributed by atoms with Crippen molar-refractivity contribution < 1.29 is 140 Å². The van der Waals surface area contributed by atoms with Gasteiger partial charge in [-0.1, -0.05) is 0 Å². The average molecular weight is 991 g/mol. The Bertz CT molecular complexity index is 1060. The summed E-state index contributed by atoms with van der Waals surface area (Å²) in [6.45, 7) is 0. The fraction of sp³-hybridized carbons (Fsp3) is 0. The fourth-order valence-corrected chi connectivity index (χ4v) is 0. The monoisotopic (exact) mass is 990 g/mol. The van der Waals surface area contributed by atoms with E-state index in [-0.39, 0.29) is 26.2 Å². The van der Waals surface area contributed by atoms with Crippen molar-refractivity contribution in [2.45, 2.75) is 0 Å². The SMILES string of the molecule is O=S(=O)(O)O.O=S(=O)(O)O.O=S(=O)(O)O.O=S(=O)(O)O.O=S(=O)(O)O.O=S(=O)(O)O.O=S(=O)([O-])O.O=S(=O)([O-])[O-].[Bi+3]. The molecule has 41 heteroatoms. The van der Waals surface area contributed by atoms with Crippen molar-refractivity contribution in [2.24, 2.45) is 0 Å². The van der Waals surface area contributed by atoms with Crippen molar-refractivity contribution in [3.63, 3.8) is 0 Å². The molecule has 32 nitrogen and oxygen atoms in total. The molecule has 0 aliphatic rings. The Hall–Kier alpha value is -0.157. The maximum absolute atomic E-state index is 8.74. The number of hydrogen-bond donors (Lipinski definition) is 13. The van der Waals surface area contributed by atoms with Crippen LogP contribution in [0.2, 0.25) is 0 Å². The Kier molecular flexibility index (Phi) is 41.0. The smallest absolute Gasteiger partial charge is 0.759 e. The zero-order chi connectivity index (χ0) is 36.0. The summed E-state index contributed by atoms with van der Waals surface area (Å²) >= 11 is 0. The van der Waals surface area contributed by atoms with E-state index in [9.17, 15) is 0 Å². The Balaban J connectivity index is -0.0000000406. The van der Waals surface area contributed by atoms with Gasteiger partial charge < -0.3 is 13.7 Å². The van der Waals surface area contributed by atoms with Gasteiger partial charge in [-0.05, 0) is 0 Å². The second-order valence-corrected chi connectivity index (χ2v) is 10.6. The average Bonchev–Trinajstić information content (AvgIpc) is 2.16. The molecule has 0 saturated carbocycles. The molecular weight excluding hydrogens is 977 g/mol. The van der Waals surface area contributed by atoms with Gasteiger partial charge in [0.1, 0.15) is 0 Å². The van der Waals surface area contributed by atoms with Crippen LogP contribution in [0.15, 0.2) is 0 Å². The van der Waals surface area contributed by atoms with Crippen LogP contribution in [0.5, 0.6) is 0 Å². The predicted octanol–water partition coefficient (Wildman–Crippen LogP) is -6.63. The van der Waals surface area contributed by atoms with Gasteiger partial charge >= 0.3 is 88.6 Å². The molecular formula is H13BiO32S8.